The van der Waals surface area contributed by atoms with Crippen molar-refractivity contribution in [2.45, 2.75) is 19.4 Å². The van der Waals surface area contributed by atoms with Crippen LogP contribution >= 0.6 is 0 Å². The second-order valence-electron chi connectivity index (χ2n) is 3.27. The third kappa shape index (κ3) is 1.50. The minimum atomic E-state index is 0.657. The number of likely N-dealkylation sites (N-methyl/N-ethyl adjacent to an activating group) is 1. The van der Waals surface area contributed by atoms with Gasteiger partial charge in [-0.05, 0) is 25.9 Å². The van der Waals surface area contributed by atoms with Gasteiger partial charge in [0.05, 0.1) is 6.61 Å². The number of ether oxygens (including phenoxy) is 1. The van der Waals surface area contributed by atoms with Gasteiger partial charge in [-0.25, -0.2) is 0 Å². The summed E-state index contributed by atoms with van der Waals surface area (Å²) < 4.78 is 5.12. The van der Waals surface area contributed by atoms with Gasteiger partial charge >= 0.3 is 0 Å². The Morgan fingerprint density at radius 1 is 1.60 bits per heavy atom. The summed E-state index contributed by atoms with van der Waals surface area (Å²) in [6.07, 6.45) is 1.32. The second kappa shape index (κ2) is 3.35. The van der Waals surface area contributed by atoms with E-state index in [0.29, 0.717) is 6.04 Å². The Bertz CT molecular complexity index is 95.4. The van der Waals surface area contributed by atoms with E-state index in [4.69, 9.17) is 4.74 Å². The van der Waals surface area contributed by atoms with Crippen molar-refractivity contribution in [1.29, 1.82) is 0 Å². The molecule has 1 fully saturated rings. The van der Waals surface area contributed by atoms with Gasteiger partial charge in [-0.15, -0.1) is 0 Å². The molecule has 0 aromatic carbocycles. The van der Waals surface area contributed by atoms with Crippen LogP contribution in [0.3, 0.4) is 0 Å². The molecule has 1 rings (SSSR count). The number of likely N-dealkylation sites (tertiary alicyclic amines) is 1. The van der Waals surface area contributed by atoms with E-state index in [1.807, 2.05) is 0 Å². The van der Waals surface area contributed by atoms with Crippen LogP contribution in [0.15, 0.2) is 0 Å². The minimum Gasteiger partial charge on any atom is -0.383 e. The van der Waals surface area contributed by atoms with Gasteiger partial charge in [0.25, 0.3) is 0 Å². The summed E-state index contributed by atoms with van der Waals surface area (Å²) in [4.78, 5) is 2.38. The molecule has 0 aromatic heterocycles. The molecular weight excluding hydrogens is 126 g/mol. The Labute approximate surface area is 63.2 Å². The molecule has 0 radical (unpaired) electrons. The smallest absolute Gasteiger partial charge is 0.0620 e. The summed E-state index contributed by atoms with van der Waals surface area (Å²) in [5.74, 6) is 0.810. The van der Waals surface area contributed by atoms with E-state index in [2.05, 4.69) is 18.9 Å². The molecule has 1 saturated heterocycles. The summed E-state index contributed by atoms with van der Waals surface area (Å²) in [5.41, 5.74) is 0. The molecule has 1 aliphatic rings. The van der Waals surface area contributed by atoms with Crippen molar-refractivity contribution >= 4 is 0 Å². The lowest BCUT2D eigenvalue weighted by atomic mass is 10.0. The van der Waals surface area contributed by atoms with Gasteiger partial charge in [-0.2, -0.15) is 0 Å². The van der Waals surface area contributed by atoms with E-state index in [0.717, 1.165) is 12.5 Å². The maximum absolute atomic E-state index is 5.12. The lowest BCUT2D eigenvalue weighted by Gasteiger charge is -2.21. The quantitative estimate of drug-likeness (QED) is 0.571. The summed E-state index contributed by atoms with van der Waals surface area (Å²) in [6.45, 7) is 4.42. The zero-order chi connectivity index (χ0) is 7.56. The topological polar surface area (TPSA) is 12.5 Å². The molecule has 60 valence electrons. The van der Waals surface area contributed by atoms with Crippen molar-refractivity contribution in [3.63, 3.8) is 0 Å². The average Bonchev–Trinajstić information content (AvgIpc) is 2.20. The molecule has 2 heteroatoms. The van der Waals surface area contributed by atoms with Gasteiger partial charge in [-0.3, -0.25) is 0 Å². The highest BCUT2D eigenvalue weighted by atomic mass is 16.5. The molecule has 0 bridgehead atoms. The molecule has 2 atom stereocenters. The van der Waals surface area contributed by atoms with Crippen molar-refractivity contribution < 1.29 is 4.74 Å². The molecule has 10 heavy (non-hydrogen) atoms. The lowest BCUT2D eigenvalue weighted by Crippen LogP contribution is -2.32. The van der Waals surface area contributed by atoms with Gasteiger partial charge in [0.15, 0.2) is 0 Å². The van der Waals surface area contributed by atoms with Crippen molar-refractivity contribution in [3.8, 4) is 0 Å². The monoisotopic (exact) mass is 143 g/mol. The van der Waals surface area contributed by atoms with E-state index in [1.165, 1.54) is 13.0 Å². The Morgan fingerprint density at radius 3 is 2.70 bits per heavy atom. The fourth-order valence-corrected chi connectivity index (χ4v) is 1.66. The van der Waals surface area contributed by atoms with Crippen LogP contribution in [0.1, 0.15) is 13.3 Å². The molecular formula is C8H17NO. The van der Waals surface area contributed by atoms with E-state index in [-0.39, 0.29) is 0 Å². The van der Waals surface area contributed by atoms with Crippen LogP contribution in [0.4, 0.5) is 0 Å². The van der Waals surface area contributed by atoms with Crippen molar-refractivity contribution in [1.82, 2.24) is 4.90 Å². The highest BCUT2D eigenvalue weighted by Crippen LogP contribution is 2.21. The fourth-order valence-electron chi connectivity index (χ4n) is 1.66. The Balaban J connectivity index is 2.38. The molecule has 1 heterocycles. The van der Waals surface area contributed by atoms with E-state index >= 15 is 0 Å². The predicted octanol–water partition coefficient (Wildman–Crippen LogP) is 0.973. The molecule has 0 aromatic rings. The van der Waals surface area contributed by atoms with Crippen LogP contribution in [0.5, 0.6) is 0 Å². The lowest BCUT2D eigenvalue weighted by molar-refractivity contribution is 0.114. The van der Waals surface area contributed by atoms with Gasteiger partial charge in [-0.1, -0.05) is 6.92 Å². The number of nitrogens with zero attached hydrogens (tertiary/aromatic N) is 1. The van der Waals surface area contributed by atoms with Gasteiger partial charge in [0.2, 0.25) is 0 Å². The summed E-state index contributed by atoms with van der Waals surface area (Å²) in [7, 11) is 3.95. The van der Waals surface area contributed by atoms with Crippen LogP contribution in [-0.2, 0) is 4.74 Å². The van der Waals surface area contributed by atoms with Gasteiger partial charge in [0.1, 0.15) is 0 Å². The molecule has 0 amide bonds. The van der Waals surface area contributed by atoms with Crippen LogP contribution in [-0.4, -0.2) is 38.3 Å². The minimum absolute atomic E-state index is 0.657. The van der Waals surface area contributed by atoms with Crippen LogP contribution < -0.4 is 0 Å². The van der Waals surface area contributed by atoms with E-state index in [9.17, 15) is 0 Å². The highest BCUT2D eigenvalue weighted by molar-refractivity contribution is 4.81. The van der Waals surface area contributed by atoms with Crippen LogP contribution in [0.25, 0.3) is 0 Å². The van der Waals surface area contributed by atoms with Crippen molar-refractivity contribution in [2.24, 2.45) is 5.92 Å². The van der Waals surface area contributed by atoms with Gasteiger partial charge in [0, 0.05) is 13.2 Å². The largest absolute Gasteiger partial charge is 0.383 e. The van der Waals surface area contributed by atoms with Crippen LogP contribution in [0, 0.1) is 5.92 Å². The first-order valence-corrected chi connectivity index (χ1v) is 3.95. The SMILES string of the molecule is COC[C@@H]1[C@@H](C)CCN1C. The number of methoxy groups -OCH3 is 1. The summed E-state index contributed by atoms with van der Waals surface area (Å²) in [6, 6.07) is 0.657. The standard InChI is InChI=1S/C8H17NO/c1-7-4-5-9(2)8(7)6-10-3/h7-8H,4-6H2,1-3H3/t7-,8+/m0/s1. The molecule has 0 spiro atoms. The number of hydrogen-bond acceptors (Lipinski definition) is 2. The first kappa shape index (κ1) is 8.02. The number of hydrogen-bond donors (Lipinski definition) is 0. The Hall–Kier alpha value is -0.0800. The summed E-state index contributed by atoms with van der Waals surface area (Å²) >= 11 is 0. The molecule has 0 unspecified atom stereocenters. The van der Waals surface area contributed by atoms with Gasteiger partial charge < -0.3 is 9.64 Å². The van der Waals surface area contributed by atoms with Crippen molar-refractivity contribution in [3.05, 3.63) is 0 Å². The predicted molar refractivity (Wildman–Crippen MR) is 42.1 cm³/mol. The third-order valence-corrected chi connectivity index (χ3v) is 2.50. The van der Waals surface area contributed by atoms with E-state index < -0.39 is 0 Å². The maximum Gasteiger partial charge on any atom is 0.0620 e. The molecule has 0 saturated carbocycles. The first-order valence-electron chi connectivity index (χ1n) is 3.95. The maximum atomic E-state index is 5.12. The van der Waals surface area contributed by atoms with E-state index in [1.54, 1.807) is 7.11 Å². The molecule has 0 aliphatic carbocycles. The Morgan fingerprint density at radius 2 is 2.30 bits per heavy atom. The Kier molecular flexibility index (Phi) is 2.69. The number of rotatable bonds is 2. The zero-order valence-corrected chi connectivity index (χ0v) is 7.13. The highest BCUT2D eigenvalue weighted by Gasteiger charge is 2.27. The molecule has 2 nitrogen and oxygen atoms in total. The summed E-state index contributed by atoms with van der Waals surface area (Å²) in [5, 5.41) is 0. The average molecular weight is 143 g/mol. The second-order valence-corrected chi connectivity index (χ2v) is 3.27. The molecule has 0 N–H and O–H groups in total. The normalized spacial score (nSPS) is 35.1. The fraction of sp³-hybridized carbons (Fsp3) is 1.00. The molecule has 1 aliphatic heterocycles. The van der Waals surface area contributed by atoms with Crippen molar-refractivity contribution in [2.75, 3.05) is 27.3 Å². The first-order chi connectivity index (χ1) is 4.75. The third-order valence-electron chi connectivity index (χ3n) is 2.50. The zero-order valence-electron chi connectivity index (χ0n) is 7.13. The van der Waals surface area contributed by atoms with Crippen LogP contribution in [0.2, 0.25) is 0 Å².